The highest BCUT2D eigenvalue weighted by atomic mass is 19.1. The lowest BCUT2D eigenvalue weighted by molar-refractivity contribution is 0.0991. The molecule has 110 valence electrons. The number of benzene rings is 2. The van der Waals surface area contributed by atoms with E-state index in [1.165, 1.54) is 12.1 Å². The first-order valence-corrected chi connectivity index (χ1v) is 6.81. The molecule has 4 heteroatoms. The van der Waals surface area contributed by atoms with Gasteiger partial charge in [0.1, 0.15) is 11.6 Å². The second kappa shape index (κ2) is 7.55. The van der Waals surface area contributed by atoms with Gasteiger partial charge < -0.3 is 10.1 Å². The van der Waals surface area contributed by atoms with E-state index in [4.69, 9.17) is 4.74 Å². The highest BCUT2D eigenvalue weighted by Crippen LogP contribution is 2.12. The molecule has 1 N–H and O–H groups in total. The van der Waals surface area contributed by atoms with Gasteiger partial charge in [-0.1, -0.05) is 24.3 Å². The van der Waals surface area contributed by atoms with Gasteiger partial charge in [0.05, 0.1) is 13.7 Å². The summed E-state index contributed by atoms with van der Waals surface area (Å²) in [6.45, 7) is 0.940. The van der Waals surface area contributed by atoms with Crippen molar-refractivity contribution in [1.82, 2.24) is 5.32 Å². The van der Waals surface area contributed by atoms with Crippen molar-refractivity contribution < 1.29 is 13.9 Å². The predicted octanol–water partition coefficient (Wildman–Crippen LogP) is 2.85. The number of carbonyl (C=O) groups is 1. The second-order valence-corrected chi connectivity index (χ2v) is 4.71. The number of hydrogen-bond donors (Lipinski definition) is 1. The van der Waals surface area contributed by atoms with Crippen LogP contribution in [0.1, 0.15) is 15.9 Å². The number of rotatable bonds is 7. The Bertz CT molecular complexity index is 596. The van der Waals surface area contributed by atoms with Crippen molar-refractivity contribution in [3.63, 3.8) is 0 Å². The van der Waals surface area contributed by atoms with Crippen LogP contribution in [-0.4, -0.2) is 26.0 Å². The molecule has 0 aliphatic heterocycles. The van der Waals surface area contributed by atoms with Crippen LogP contribution >= 0.6 is 0 Å². The number of ether oxygens (including phenoxy) is 1. The Morgan fingerprint density at radius 2 is 1.95 bits per heavy atom. The molecule has 0 aliphatic rings. The van der Waals surface area contributed by atoms with Crippen molar-refractivity contribution in [1.29, 1.82) is 0 Å². The van der Waals surface area contributed by atoms with Crippen molar-refractivity contribution >= 4 is 5.78 Å². The van der Waals surface area contributed by atoms with Gasteiger partial charge in [-0.15, -0.1) is 0 Å². The smallest absolute Gasteiger partial charge is 0.176 e. The Labute approximate surface area is 123 Å². The van der Waals surface area contributed by atoms with E-state index in [-0.39, 0.29) is 18.1 Å². The van der Waals surface area contributed by atoms with Crippen molar-refractivity contribution in [2.45, 2.75) is 6.42 Å². The Morgan fingerprint density at radius 3 is 2.67 bits per heavy atom. The molecule has 0 amide bonds. The van der Waals surface area contributed by atoms with Crippen LogP contribution in [0.4, 0.5) is 4.39 Å². The minimum atomic E-state index is -0.236. The zero-order valence-electron chi connectivity index (χ0n) is 11.9. The molecule has 3 nitrogen and oxygen atoms in total. The van der Waals surface area contributed by atoms with E-state index >= 15 is 0 Å². The summed E-state index contributed by atoms with van der Waals surface area (Å²) < 4.78 is 17.9. The molecule has 0 spiro atoms. The van der Waals surface area contributed by atoms with Gasteiger partial charge in [-0.05, 0) is 42.8 Å². The first-order valence-electron chi connectivity index (χ1n) is 6.81. The van der Waals surface area contributed by atoms with Crippen LogP contribution in [0.25, 0.3) is 0 Å². The minimum absolute atomic E-state index is 0.0213. The summed E-state index contributed by atoms with van der Waals surface area (Å²) in [4.78, 5) is 12.0. The fraction of sp³-hybridized carbons (Fsp3) is 0.235. The maximum Gasteiger partial charge on any atom is 0.176 e. The summed E-state index contributed by atoms with van der Waals surface area (Å²) in [7, 11) is 1.57. The Kier molecular flexibility index (Phi) is 5.46. The van der Waals surface area contributed by atoms with E-state index in [0.29, 0.717) is 17.9 Å². The molecule has 0 bridgehead atoms. The average Bonchev–Trinajstić information content (AvgIpc) is 2.53. The number of Topliss-reactive ketones (excluding diaryl/α,β-unsaturated/α-hetero) is 1. The summed E-state index contributed by atoms with van der Waals surface area (Å²) in [6.07, 6.45) is 0.756. The Morgan fingerprint density at radius 1 is 1.19 bits per heavy atom. The van der Waals surface area contributed by atoms with Gasteiger partial charge in [-0.2, -0.15) is 0 Å². The van der Waals surface area contributed by atoms with Crippen LogP contribution in [0.3, 0.4) is 0 Å². The maximum absolute atomic E-state index is 12.8. The molecule has 0 aromatic heterocycles. The summed E-state index contributed by atoms with van der Waals surface area (Å²) in [5.41, 5.74) is 1.67. The van der Waals surface area contributed by atoms with E-state index < -0.39 is 0 Å². The topological polar surface area (TPSA) is 38.3 Å². The lowest BCUT2D eigenvalue weighted by Crippen LogP contribution is -2.25. The standard InChI is InChI=1S/C17H18FNO2/c1-21-16-4-2-3-14(11-16)17(20)12-19-10-9-13-5-7-15(18)8-6-13/h2-8,11,19H,9-10,12H2,1H3. The summed E-state index contributed by atoms with van der Waals surface area (Å²) in [5, 5.41) is 3.10. The van der Waals surface area contributed by atoms with Crippen LogP contribution in [-0.2, 0) is 6.42 Å². The van der Waals surface area contributed by atoms with E-state index in [0.717, 1.165) is 12.0 Å². The average molecular weight is 287 g/mol. The molecule has 0 unspecified atom stereocenters. The summed E-state index contributed by atoms with van der Waals surface area (Å²) in [6, 6.07) is 13.5. The number of hydrogen-bond acceptors (Lipinski definition) is 3. The molecule has 2 aromatic carbocycles. The molecule has 0 radical (unpaired) electrons. The third kappa shape index (κ3) is 4.68. The van der Waals surface area contributed by atoms with Gasteiger partial charge >= 0.3 is 0 Å². The fourth-order valence-electron chi connectivity index (χ4n) is 1.98. The van der Waals surface area contributed by atoms with Gasteiger partial charge in [0.15, 0.2) is 5.78 Å². The summed E-state index contributed by atoms with van der Waals surface area (Å²) in [5.74, 6) is 0.458. The van der Waals surface area contributed by atoms with Gasteiger partial charge in [-0.25, -0.2) is 4.39 Å². The van der Waals surface area contributed by atoms with E-state index in [1.54, 1.807) is 43.5 Å². The Hall–Kier alpha value is -2.20. The molecular weight excluding hydrogens is 269 g/mol. The monoisotopic (exact) mass is 287 g/mol. The third-order valence-corrected chi connectivity index (χ3v) is 3.18. The number of ketones is 1. The molecule has 2 aromatic rings. The Balaban J connectivity index is 1.77. The highest BCUT2D eigenvalue weighted by molar-refractivity contribution is 5.97. The largest absolute Gasteiger partial charge is 0.497 e. The van der Waals surface area contributed by atoms with Gasteiger partial charge in [0, 0.05) is 5.56 Å². The molecule has 21 heavy (non-hydrogen) atoms. The van der Waals surface area contributed by atoms with E-state index in [9.17, 15) is 9.18 Å². The van der Waals surface area contributed by atoms with Crippen molar-refractivity contribution in [2.75, 3.05) is 20.2 Å². The zero-order valence-corrected chi connectivity index (χ0v) is 11.9. The van der Waals surface area contributed by atoms with Crippen LogP contribution in [0.2, 0.25) is 0 Å². The van der Waals surface area contributed by atoms with Gasteiger partial charge in [0.25, 0.3) is 0 Å². The number of methoxy groups -OCH3 is 1. The minimum Gasteiger partial charge on any atom is -0.497 e. The normalized spacial score (nSPS) is 10.4. The van der Waals surface area contributed by atoms with Crippen LogP contribution < -0.4 is 10.1 Å². The van der Waals surface area contributed by atoms with Crippen LogP contribution in [0, 0.1) is 5.82 Å². The van der Waals surface area contributed by atoms with Crippen molar-refractivity contribution in [2.24, 2.45) is 0 Å². The predicted molar refractivity (Wildman–Crippen MR) is 80.3 cm³/mol. The van der Waals surface area contributed by atoms with Crippen LogP contribution in [0.5, 0.6) is 5.75 Å². The van der Waals surface area contributed by atoms with Crippen LogP contribution in [0.15, 0.2) is 48.5 Å². The molecular formula is C17H18FNO2. The number of nitrogens with one attached hydrogen (secondary N) is 1. The number of carbonyl (C=O) groups excluding carboxylic acids is 1. The highest BCUT2D eigenvalue weighted by Gasteiger charge is 2.06. The SMILES string of the molecule is COc1cccc(C(=O)CNCCc2ccc(F)cc2)c1. The van der Waals surface area contributed by atoms with E-state index in [2.05, 4.69) is 5.32 Å². The number of halogens is 1. The molecule has 0 saturated heterocycles. The quantitative estimate of drug-likeness (QED) is 0.628. The van der Waals surface area contributed by atoms with Crippen molar-refractivity contribution in [3.8, 4) is 5.75 Å². The van der Waals surface area contributed by atoms with Crippen molar-refractivity contribution in [3.05, 3.63) is 65.5 Å². The molecule has 0 saturated carbocycles. The molecule has 0 aliphatic carbocycles. The zero-order chi connectivity index (χ0) is 15.1. The molecule has 2 rings (SSSR count). The molecule has 0 fully saturated rings. The second-order valence-electron chi connectivity index (χ2n) is 4.71. The van der Waals surface area contributed by atoms with Gasteiger partial charge in [-0.3, -0.25) is 4.79 Å². The third-order valence-electron chi connectivity index (χ3n) is 3.18. The molecule has 0 heterocycles. The fourth-order valence-corrected chi connectivity index (χ4v) is 1.98. The lowest BCUT2D eigenvalue weighted by Gasteiger charge is -2.06. The van der Waals surface area contributed by atoms with Gasteiger partial charge in [0.2, 0.25) is 0 Å². The molecule has 0 atom stereocenters. The first kappa shape index (κ1) is 15.2. The van der Waals surface area contributed by atoms with E-state index in [1.807, 2.05) is 0 Å². The summed E-state index contributed by atoms with van der Waals surface area (Å²) >= 11 is 0. The maximum atomic E-state index is 12.8. The lowest BCUT2D eigenvalue weighted by atomic mass is 10.1. The first-order chi connectivity index (χ1) is 10.2.